The monoisotopic (exact) mass is 234 g/mol. The van der Waals surface area contributed by atoms with Crippen LogP contribution >= 0.6 is 0 Å². The number of amides is 2. The molecule has 0 spiro atoms. The van der Waals surface area contributed by atoms with Crippen LogP contribution in [0.3, 0.4) is 0 Å². The molecule has 0 saturated heterocycles. The van der Waals surface area contributed by atoms with Crippen molar-refractivity contribution >= 4 is 6.03 Å². The molecule has 94 valence electrons. The van der Waals surface area contributed by atoms with E-state index >= 15 is 0 Å². The number of hydrogen-bond acceptors (Lipinski definition) is 1. The predicted octanol–water partition coefficient (Wildman–Crippen LogP) is 2.44. The number of hydrogen-bond donors (Lipinski definition) is 2. The van der Waals surface area contributed by atoms with Gasteiger partial charge in [0.2, 0.25) is 0 Å². The lowest BCUT2D eigenvalue weighted by Gasteiger charge is -2.56. The largest absolute Gasteiger partial charge is 0.335 e. The first-order valence-corrected chi connectivity index (χ1v) is 6.86. The van der Waals surface area contributed by atoms with Gasteiger partial charge in [0.05, 0.1) is 0 Å². The van der Waals surface area contributed by atoms with E-state index in [-0.39, 0.29) is 11.6 Å². The average Bonchev–Trinajstić information content (AvgIpc) is 2.23. The van der Waals surface area contributed by atoms with E-state index in [2.05, 4.69) is 17.2 Å². The number of carbonyl (C=O) groups excluding carboxylic acids is 1. The average molecular weight is 234 g/mol. The van der Waals surface area contributed by atoms with E-state index in [1.807, 2.05) is 0 Å². The van der Waals surface area contributed by atoms with Gasteiger partial charge in [0.1, 0.15) is 0 Å². The van der Waals surface area contributed by atoms with Gasteiger partial charge in [0.25, 0.3) is 0 Å². The minimum atomic E-state index is -0.00755. The Morgan fingerprint density at radius 1 is 1.18 bits per heavy atom. The maximum absolute atomic E-state index is 11.8. The molecular formula is C14H22N2O. The molecule has 2 amide bonds. The zero-order valence-electron chi connectivity index (χ0n) is 10.4. The maximum atomic E-state index is 11.8. The molecule has 0 atom stereocenters. The van der Waals surface area contributed by atoms with Crippen molar-refractivity contribution in [2.24, 2.45) is 17.8 Å². The van der Waals surface area contributed by atoms with E-state index < -0.39 is 0 Å². The van der Waals surface area contributed by atoms with Crippen LogP contribution in [0.5, 0.6) is 0 Å². The van der Waals surface area contributed by atoms with Crippen LogP contribution in [-0.4, -0.2) is 18.1 Å². The molecule has 0 aromatic carbocycles. The highest BCUT2D eigenvalue weighted by Crippen LogP contribution is 2.55. The molecule has 4 rings (SSSR count). The van der Waals surface area contributed by atoms with E-state index in [4.69, 9.17) is 0 Å². The molecule has 4 aliphatic carbocycles. The quantitative estimate of drug-likeness (QED) is 0.724. The van der Waals surface area contributed by atoms with Gasteiger partial charge in [-0.1, -0.05) is 6.08 Å². The second-order valence-corrected chi connectivity index (χ2v) is 6.32. The summed E-state index contributed by atoms with van der Waals surface area (Å²) in [7, 11) is 0. The Balaban J connectivity index is 1.65. The van der Waals surface area contributed by atoms with Gasteiger partial charge in [-0.2, -0.15) is 0 Å². The number of carbonyl (C=O) groups is 1. The zero-order valence-corrected chi connectivity index (χ0v) is 10.4. The molecule has 3 heteroatoms. The summed E-state index contributed by atoms with van der Waals surface area (Å²) < 4.78 is 0. The third kappa shape index (κ3) is 2.07. The third-order valence-electron chi connectivity index (χ3n) is 4.82. The SMILES string of the molecule is C=CCNC(=O)NC12CC3CC(CC(C3)C1)C2. The minimum absolute atomic E-state index is 0.00755. The fourth-order valence-electron chi connectivity index (χ4n) is 4.71. The lowest BCUT2D eigenvalue weighted by Crippen LogP contribution is -2.61. The van der Waals surface area contributed by atoms with Crippen LogP contribution in [0.25, 0.3) is 0 Å². The minimum Gasteiger partial charge on any atom is -0.335 e. The van der Waals surface area contributed by atoms with Crippen LogP contribution in [-0.2, 0) is 0 Å². The fourth-order valence-corrected chi connectivity index (χ4v) is 4.71. The predicted molar refractivity (Wildman–Crippen MR) is 67.6 cm³/mol. The van der Waals surface area contributed by atoms with E-state index in [0.717, 1.165) is 17.8 Å². The van der Waals surface area contributed by atoms with Crippen LogP contribution in [0.15, 0.2) is 12.7 Å². The molecule has 4 bridgehead atoms. The smallest absolute Gasteiger partial charge is 0.315 e. The Hall–Kier alpha value is -0.990. The normalized spacial score (nSPS) is 42.2. The van der Waals surface area contributed by atoms with Gasteiger partial charge in [-0.05, 0) is 56.3 Å². The summed E-state index contributed by atoms with van der Waals surface area (Å²) in [5.74, 6) is 2.63. The Bertz CT molecular complexity index is 302. The summed E-state index contributed by atoms with van der Waals surface area (Å²) in [5.41, 5.74) is 0.125. The van der Waals surface area contributed by atoms with Crippen LogP contribution in [0.4, 0.5) is 4.79 Å². The Morgan fingerprint density at radius 2 is 1.71 bits per heavy atom. The van der Waals surface area contributed by atoms with Crippen molar-refractivity contribution in [2.45, 2.75) is 44.1 Å². The Kier molecular flexibility index (Phi) is 2.64. The summed E-state index contributed by atoms with van der Waals surface area (Å²) in [4.78, 5) is 11.8. The lowest BCUT2D eigenvalue weighted by atomic mass is 9.53. The molecule has 0 aromatic heterocycles. The molecule has 0 radical (unpaired) electrons. The molecule has 0 aliphatic heterocycles. The molecular weight excluding hydrogens is 212 g/mol. The van der Waals surface area contributed by atoms with E-state index in [9.17, 15) is 4.79 Å². The second-order valence-electron chi connectivity index (χ2n) is 6.32. The fraction of sp³-hybridized carbons (Fsp3) is 0.786. The Morgan fingerprint density at radius 3 is 2.18 bits per heavy atom. The summed E-state index contributed by atoms with van der Waals surface area (Å²) in [6.45, 7) is 4.17. The molecule has 4 aliphatic rings. The number of nitrogens with one attached hydrogen (secondary N) is 2. The van der Waals surface area contributed by atoms with Crippen molar-refractivity contribution in [1.29, 1.82) is 0 Å². The van der Waals surface area contributed by atoms with Gasteiger partial charge in [0, 0.05) is 12.1 Å². The third-order valence-corrected chi connectivity index (χ3v) is 4.82. The van der Waals surface area contributed by atoms with Crippen molar-refractivity contribution in [3.63, 3.8) is 0 Å². The van der Waals surface area contributed by atoms with Crippen molar-refractivity contribution < 1.29 is 4.79 Å². The molecule has 3 nitrogen and oxygen atoms in total. The number of urea groups is 1. The van der Waals surface area contributed by atoms with Crippen molar-refractivity contribution in [3.8, 4) is 0 Å². The Labute approximate surface area is 103 Å². The van der Waals surface area contributed by atoms with Gasteiger partial charge >= 0.3 is 6.03 Å². The second kappa shape index (κ2) is 4.04. The van der Waals surface area contributed by atoms with Gasteiger partial charge < -0.3 is 10.6 Å². The van der Waals surface area contributed by atoms with Crippen LogP contribution in [0, 0.1) is 17.8 Å². The standard InChI is InChI=1S/C14H22N2O/c1-2-3-15-13(17)16-14-7-10-4-11(8-14)6-12(5-10)9-14/h2,10-12H,1,3-9H2,(H2,15,16,17). The summed E-state index contributed by atoms with van der Waals surface area (Å²) in [6.07, 6.45) is 9.58. The molecule has 0 aromatic rings. The summed E-state index contributed by atoms with van der Waals surface area (Å²) in [6, 6.07) is -0.00755. The maximum Gasteiger partial charge on any atom is 0.315 e. The van der Waals surface area contributed by atoms with Gasteiger partial charge in [-0.15, -0.1) is 6.58 Å². The van der Waals surface area contributed by atoms with Crippen molar-refractivity contribution in [2.75, 3.05) is 6.54 Å². The number of rotatable bonds is 3. The molecule has 0 unspecified atom stereocenters. The van der Waals surface area contributed by atoms with E-state index in [0.29, 0.717) is 6.54 Å². The van der Waals surface area contributed by atoms with Crippen molar-refractivity contribution in [3.05, 3.63) is 12.7 Å². The molecule has 4 saturated carbocycles. The highest BCUT2D eigenvalue weighted by Gasteiger charge is 2.51. The lowest BCUT2D eigenvalue weighted by molar-refractivity contribution is -0.0134. The van der Waals surface area contributed by atoms with Gasteiger partial charge in [-0.3, -0.25) is 0 Å². The van der Waals surface area contributed by atoms with E-state index in [1.165, 1.54) is 38.5 Å². The molecule has 0 heterocycles. The van der Waals surface area contributed by atoms with Gasteiger partial charge in [-0.25, -0.2) is 4.79 Å². The highest BCUT2D eigenvalue weighted by molar-refractivity contribution is 5.75. The molecule has 4 fully saturated rings. The van der Waals surface area contributed by atoms with Crippen LogP contribution in [0.2, 0.25) is 0 Å². The summed E-state index contributed by atoms with van der Waals surface area (Å²) in [5, 5.41) is 6.10. The summed E-state index contributed by atoms with van der Waals surface area (Å²) >= 11 is 0. The van der Waals surface area contributed by atoms with Crippen LogP contribution < -0.4 is 10.6 Å². The van der Waals surface area contributed by atoms with Gasteiger partial charge in [0.15, 0.2) is 0 Å². The molecule has 17 heavy (non-hydrogen) atoms. The topological polar surface area (TPSA) is 41.1 Å². The first kappa shape index (κ1) is 11.1. The van der Waals surface area contributed by atoms with Crippen molar-refractivity contribution in [1.82, 2.24) is 10.6 Å². The first-order chi connectivity index (χ1) is 8.19. The molecule has 2 N–H and O–H groups in total. The van der Waals surface area contributed by atoms with E-state index in [1.54, 1.807) is 6.08 Å². The van der Waals surface area contributed by atoms with Crippen LogP contribution in [0.1, 0.15) is 38.5 Å². The first-order valence-electron chi connectivity index (χ1n) is 6.86. The highest BCUT2D eigenvalue weighted by atomic mass is 16.2. The zero-order chi connectivity index (χ0) is 11.9.